The number of carbonyl (C=O) groups excluding carboxylic acids is 4. The van der Waals surface area contributed by atoms with Crippen LogP contribution in [0.5, 0.6) is 0 Å². The summed E-state index contributed by atoms with van der Waals surface area (Å²) >= 11 is 4.09. The van der Waals surface area contributed by atoms with Gasteiger partial charge in [0.25, 0.3) is 0 Å². The Balaban J connectivity index is 5.09. The third-order valence-electron chi connectivity index (χ3n) is 3.25. The second kappa shape index (κ2) is 11.6. The van der Waals surface area contributed by atoms with Gasteiger partial charge in [-0.05, 0) is 68.7 Å². The number of ether oxygens (including phenoxy) is 3. The highest BCUT2D eigenvalue weighted by molar-refractivity contribution is 7.80. The number of alkyl carbamates (subject to hydrolysis) is 1. The lowest BCUT2D eigenvalue weighted by atomic mass is 10.1. The summed E-state index contributed by atoms with van der Waals surface area (Å²) in [6, 6.07) is -2.04. The molecule has 0 saturated heterocycles. The molecule has 0 radical (unpaired) electrons. The van der Waals surface area contributed by atoms with Crippen LogP contribution in [0.4, 0.5) is 4.79 Å². The van der Waals surface area contributed by atoms with E-state index in [0.717, 1.165) is 0 Å². The van der Waals surface area contributed by atoms with Crippen molar-refractivity contribution in [3.63, 3.8) is 0 Å². The van der Waals surface area contributed by atoms with E-state index >= 15 is 0 Å². The van der Waals surface area contributed by atoms with Crippen LogP contribution < -0.4 is 10.6 Å². The molecule has 0 bridgehead atoms. The Morgan fingerprint density at radius 3 is 1.52 bits per heavy atom. The summed E-state index contributed by atoms with van der Waals surface area (Å²) in [6.07, 6.45) is -0.994. The van der Waals surface area contributed by atoms with Gasteiger partial charge in [0.1, 0.15) is 28.9 Å². The first-order chi connectivity index (χ1) is 13.8. The summed E-state index contributed by atoms with van der Waals surface area (Å²) in [5, 5.41) is 4.99. The van der Waals surface area contributed by atoms with Crippen LogP contribution in [0.1, 0.15) is 75.2 Å². The van der Waals surface area contributed by atoms with Crippen molar-refractivity contribution in [1.82, 2.24) is 10.6 Å². The fourth-order valence-corrected chi connectivity index (χ4v) is 2.41. The Hall–Kier alpha value is -1.97. The molecule has 0 saturated carbocycles. The first-order valence-electron chi connectivity index (χ1n) is 10.2. The average Bonchev–Trinajstić information content (AvgIpc) is 2.51. The molecule has 0 aliphatic carbocycles. The maximum Gasteiger partial charge on any atom is 0.408 e. The maximum absolute atomic E-state index is 12.5. The standard InChI is InChI=1S/C21H38N2O7S/c1-19(2,3)28-16(25)13(23-18(27)30-21(7,8)9)10-11-15(24)22-14(12-31)17(26)29-20(4,5)6/h13-14,31H,10-12H2,1-9H3,(H,22,24)(H,23,27)/t13-,14-/m0/s1. The quantitative estimate of drug-likeness (QED) is 0.288. The lowest BCUT2D eigenvalue weighted by molar-refractivity contribution is -0.159. The molecule has 0 spiro atoms. The number of hydrogen-bond donors (Lipinski definition) is 3. The summed E-state index contributed by atoms with van der Waals surface area (Å²) in [6.45, 7) is 15.3. The minimum absolute atomic E-state index is 0.0479. The van der Waals surface area contributed by atoms with E-state index in [2.05, 4.69) is 23.3 Å². The number of rotatable bonds is 8. The van der Waals surface area contributed by atoms with Gasteiger partial charge in [0, 0.05) is 12.2 Å². The lowest BCUT2D eigenvalue weighted by Gasteiger charge is -2.26. The lowest BCUT2D eigenvalue weighted by Crippen LogP contribution is -2.48. The Morgan fingerprint density at radius 1 is 0.710 bits per heavy atom. The number of nitrogens with one attached hydrogen (secondary N) is 2. The Morgan fingerprint density at radius 2 is 1.13 bits per heavy atom. The minimum Gasteiger partial charge on any atom is -0.458 e. The summed E-state index contributed by atoms with van der Waals surface area (Å²) in [5.74, 6) is -1.74. The van der Waals surface area contributed by atoms with Gasteiger partial charge in [-0.25, -0.2) is 14.4 Å². The van der Waals surface area contributed by atoms with Crippen molar-refractivity contribution in [2.45, 2.75) is 104 Å². The number of esters is 2. The van der Waals surface area contributed by atoms with Crippen molar-refractivity contribution in [2.75, 3.05) is 5.75 Å². The van der Waals surface area contributed by atoms with E-state index in [1.54, 1.807) is 62.3 Å². The molecule has 0 fully saturated rings. The van der Waals surface area contributed by atoms with E-state index < -0.39 is 52.8 Å². The van der Waals surface area contributed by atoms with E-state index in [9.17, 15) is 19.2 Å². The van der Waals surface area contributed by atoms with Gasteiger partial charge in [-0.2, -0.15) is 12.6 Å². The van der Waals surface area contributed by atoms with Gasteiger partial charge in [0.05, 0.1) is 0 Å². The Bertz CT molecular complexity index is 646. The topological polar surface area (TPSA) is 120 Å². The van der Waals surface area contributed by atoms with Crippen molar-refractivity contribution >= 4 is 36.6 Å². The molecule has 2 atom stereocenters. The molecule has 0 aromatic carbocycles. The summed E-state index contributed by atoms with van der Waals surface area (Å²) < 4.78 is 15.8. The molecule has 0 heterocycles. The zero-order valence-electron chi connectivity index (χ0n) is 20.1. The highest BCUT2D eigenvalue weighted by Gasteiger charge is 2.30. The highest BCUT2D eigenvalue weighted by Crippen LogP contribution is 2.13. The molecule has 9 nitrogen and oxygen atoms in total. The Labute approximate surface area is 190 Å². The van der Waals surface area contributed by atoms with Gasteiger partial charge in [-0.15, -0.1) is 0 Å². The summed E-state index contributed by atoms with van der Waals surface area (Å²) in [5.41, 5.74) is -2.24. The molecule has 0 aliphatic rings. The van der Waals surface area contributed by atoms with E-state index in [1.807, 2.05) is 0 Å². The molecule has 2 amide bonds. The first kappa shape index (κ1) is 29.0. The maximum atomic E-state index is 12.5. The van der Waals surface area contributed by atoms with Crippen LogP contribution in [0.2, 0.25) is 0 Å². The van der Waals surface area contributed by atoms with Gasteiger partial charge in [0.15, 0.2) is 0 Å². The predicted octanol–water partition coefficient (Wildman–Crippen LogP) is 2.76. The second-order valence-corrected chi connectivity index (χ2v) is 10.5. The van der Waals surface area contributed by atoms with Crippen molar-refractivity contribution in [3.8, 4) is 0 Å². The summed E-state index contributed by atoms with van der Waals surface area (Å²) in [4.78, 5) is 49.2. The molecular formula is C21H38N2O7S. The molecule has 0 aliphatic heterocycles. The van der Waals surface area contributed by atoms with Crippen molar-refractivity contribution < 1.29 is 33.4 Å². The highest BCUT2D eigenvalue weighted by atomic mass is 32.1. The fourth-order valence-electron chi connectivity index (χ4n) is 2.17. The summed E-state index contributed by atoms with van der Waals surface area (Å²) in [7, 11) is 0. The van der Waals surface area contributed by atoms with E-state index in [0.29, 0.717) is 0 Å². The van der Waals surface area contributed by atoms with Crippen molar-refractivity contribution in [2.24, 2.45) is 0 Å². The zero-order chi connectivity index (χ0) is 24.6. The van der Waals surface area contributed by atoms with Gasteiger partial charge in [-0.1, -0.05) is 0 Å². The average molecular weight is 463 g/mol. The SMILES string of the molecule is CC(C)(C)OC(=O)N[C@@H](CCC(=O)N[C@@H](CS)C(=O)OC(C)(C)C)C(=O)OC(C)(C)C. The van der Waals surface area contributed by atoms with Gasteiger partial charge in [0.2, 0.25) is 5.91 Å². The normalized spacial score (nSPS) is 14.1. The third-order valence-corrected chi connectivity index (χ3v) is 3.62. The molecule has 0 unspecified atom stereocenters. The second-order valence-electron chi connectivity index (χ2n) is 10.1. The molecule has 0 aromatic heterocycles. The molecule has 2 N–H and O–H groups in total. The van der Waals surface area contributed by atoms with Crippen LogP contribution in [0.25, 0.3) is 0 Å². The van der Waals surface area contributed by atoms with Crippen LogP contribution in [-0.2, 0) is 28.6 Å². The molecule has 0 rings (SSSR count). The Kier molecular flexibility index (Phi) is 10.9. The van der Waals surface area contributed by atoms with Crippen LogP contribution in [-0.4, -0.2) is 58.6 Å². The van der Waals surface area contributed by atoms with Crippen LogP contribution in [0.3, 0.4) is 0 Å². The monoisotopic (exact) mass is 462 g/mol. The number of carbonyl (C=O) groups is 4. The molecule has 180 valence electrons. The molecular weight excluding hydrogens is 424 g/mol. The van der Waals surface area contributed by atoms with Crippen LogP contribution >= 0.6 is 12.6 Å². The van der Waals surface area contributed by atoms with Crippen molar-refractivity contribution in [3.05, 3.63) is 0 Å². The van der Waals surface area contributed by atoms with Crippen molar-refractivity contribution in [1.29, 1.82) is 0 Å². The largest absolute Gasteiger partial charge is 0.458 e. The zero-order valence-corrected chi connectivity index (χ0v) is 21.0. The van der Waals surface area contributed by atoms with Crippen LogP contribution in [0, 0.1) is 0 Å². The van der Waals surface area contributed by atoms with E-state index in [-0.39, 0.29) is 18.6 Å². The smallest absolute Gasteiger partial charge is 0.408 e. The number of amides is 2. The molecule has 10 heteroatoms. The number of hydrogen-bond acceptors (Lipinski definition) is 8. The van der Waals surface area contributed by atoms with E-state index in [4.69, 9.17) is 14.2 Å². The van der Waals surface area contributed by atoms with Gasteiger partial charge >= 0.3 is 18.0 Å². The van der Waals surface area contributed by atoms with Crippen LogP contribution in [0.15, 0.2) is 0 Å². The predicted molar refractivity (Wildman–Crippen MR) is 120 cm³/mol. The third kappa shape index (κ3) is 14.6. The molecule has 31 heavy (non-hydrogen) atoms. The van der Waals surface area contributed by atoms with E-state index in [1.165, 1.54) is 0 Å². The van der Waals surface area contributed by atoms with Gasteiger partial charge in [-0.3, -0.25) is 4.79 Å². The van der Waals surface area contributed by atoms with Gasteiger partial charge < -0.3 is 24.8 Å². The fraction of sp³-hybridized carbons (Fsp3) is 0.810. The minimum atomic E-state index is -1.10. The first-order valence-corrected chi connectivity index (χ1v) is 10.8. The molecule has 0 aromatic rings. The number of thiol groups is 1.